The van der Waals surface area contributed by atoms with E-state index >= 15 is 0 Å². The molecule has 2 heterocycles. The monoisotopic (exact) mass is 457 g/mol. The van der Waals surface area contributed by atoms with Gasteiger partial charge in [0.25, 0.3) is 0 Å². The summed E-state index contributed by atoms with van der Waals surface area (Å²) in [6.07, 6.45) is 0.543. The second-order valence-corrected chi connectivity index (χ2v) is 8.52. The number of rotatable bonds is 6. The highest BCUT2D eigenvalue weighted by molar-refractivity contribution is 6.30. The number of benzene rings is 2. The molecule has 1 unspecified atom stereocenters. The van der Waals surface area contributed by atoms with Crippen LogP contribution in [0.15, 0.2) is 42.5 Å². The standard InChI is InChI=1S/C24H28ClN3O4/c1-31-20-7-8-22(32-2)17(15-20)16-26-11-13-27(14-12-26)23(29)21-9-10-28(24(21)30)19-5-3-18(25)4-6-19/h3-8,15,21H,9-14,16H2,1-2H3. The molecule has 4 rings (SSSR count). The number of amides is 2. The summed E-state index contributed by atoms with van der Waals surface area (Å²) in [4.78, 5) is 31.8. The summed E-state index contributed by atoms with van der Waals surface area (Å²) in [7, 11) is 3.31. The van der Waals surface area contributed by atoms with E-state index < -0.39 is 5.92 Å². The van der Waals surface area contributed by atoms with Crippen molar-refractivity contribution in [2.24, 2.45) is 5.92 Å². The van der Waals surface area contributed by atoms with Gasteiger partial charge < -0.3 is 19.3 Å². The van der Waals surface area contributed by atoms with E-state index in [0.717, 1.165) is 42.4 Å². The fourth-order valence-electron chi connectivity index (χ4n) is 4.38. The summed E-state index contributed by atoms with van der Waals surface area (Å²) >= 11 is 5.95. The first-order valence-corrected chi connectivity index (χ1v) is 11.2. The van der Waals surface area contributed by atoms with Crippen molar-refractivity contribution in [1.29, 1.82) is 0 Å². The molecule has 2 aliphatic heterocycles. The Morgan fingerprint density at radius 2 is 1.72 bits per heavy atom. The molecule has 2 aliphatic rings. The third kappa shape index (κ3) is 4.69. The predicted molar refractivity (Wildman–Crippen MR) is 123 cm³/mol. The highest BCUT2D eigenvalue weighted by atomic mass is 35.5. The summed E-state index contributed by atoms with van der Waals surface area (Å²) in [5.74, 6) is 0.824. The Morgan fingerprint density at radius 3 is 2.38 bits per heavy atom. The van der Waals surface area contributed by atoms with Crippen LogP contribution in [-0.4, -0.2) is 68.6 Å². The van der Waals surface area contributed by atoms with Crippen molar-refractivity contribution < 1.29 is 19.1 Å². The van der Waals surface area contributed by atoms with Crippen molar-refractivity contribution in [2.75, 3.05) is 51.8 Å². The SMILES string of the molecule is COc1ccc(OC)c(CN2CCN(C(=O)C3CCN(c4ccc(Cl)cc4)C3=O)CC2)c1. The van der Waals surface area contributed by atoms with Gasteiger partial charge in [-0.3, -0.25) is 14.5 Å². The number of anilines is 1. The molecule has 8 heteroatoms. The molecule has 0 N–H and O–H groups in total. The smallest absolute Gasteiger partial charge is 0.239 e. The molecule has 0 aliphatic carbocycles. The van der Waals surface area contributed by atoms with Gasteiger partial charge in [0.1, 0.15) is 17.4 Å². The number of nitrogens with zero attached hydrogens (tertiary/aromatic N) is 3. The first kappa shape index (κ1) is 22.4. The molecular weight excluding hydrogens is 430 g/mol. The van der Waals surface area contributed by atoms with Gasteiger partial charge in [0.15, 0.2) is 0 Å². The molecule has 2 aromatic rings. The van der Waals surface area contributed by atoms with Crippen molar-refractivity contribution in [1.82, 2.24) is 9.80 Å². The van der Waals surface area contributed by atoms with Gasteiger partial charge >= 0.3 is 0 Å². The van der Waals surface area contributed by atoms with E-state index in [-0.39, 0.29) is 11.8 Å². The van der Waals surface area contributed by atoms with Gasteiger partial charge in [-0.1, -0.05) is 11.6 Å². The first-order valence-electron chi connectivity index (χ1n) is 10.8. The molecule has 170 valence electrons. The van der Waals surface area contributed by atoms with Crippen LogP contribution in [0.4, 0.5) is 5.69 Å². The molecule has 32 heavy (non-hydrogen) atoms. The van der Waals surface area contributed by atoms with E-state index in [9.17, 15) is 9.59 Å². The van der Waals surface area contributed by atoms with E-state index in [1.165, 1.54) is 0 Å². The van der Waals surface area contributed by atoms with E-state index in [0.29, 0.717) is 31.1 Å². The maximum Gasteiger partial charge on any atom is 0.239 e. The number of carbonyl (C=O) groups excluding carboxylic acids is 2. The number of ether oxygens (including phenoxy) is 2. The molecular formula is C24H28ClN3O4. The highest BCUT2D eigenvalue weighted by Crippen LogP contribution is 2.29. The second kappa shape index (κ2) is 9.79. The third-order valence-electron chi connectivity index (χ3n) is 6.21. The highest BCUT2D eigenvalue weighted by Gasteiger charge is 2.40. The first-order chi connectivity index (χ1) is 15.5. The number of carbonyl (C=O) groups is 2. The van der Waals surface area contributed by atoms with Crippen molar-refractivity contribution in [3.63, 3.8) is 0 Å². The van der Waals surface area contributed by atoms with Crippen LogP contribution in [0.25, 0.3) is 0 Å². The average molecular weight is 458 g/mol. The van der Waals surface area contributed by atoms with Gasteiger partial charge in [-0.05, 0) is 48.9 Å². The molecule has 2 aromatic carbocycles. The number of piperazine rings is 1. The van der Waals surface area contributed by atoms with Crippen LogP contribution < -0.4 is 14.4 Å². The minimum atomic E-state index is -0.601. The minimum absolute atomic E-state index is 0.0647. The lowest BCUT2D eigenvalue weighted by atomic mass is 10.1. The van der Waals surface area contributed by atoms with Crippen LogP contribution in [0, 0.1) is 5.92 Å². The molecule has 0 aromatic heterocycles. The zero-order chi connectivity index (χ0) is 22.7. The molecule has 1 atom stereocenters. The summed E-state index contributed by atoms with van der Waals surface area (Å²) in [5.41, 5.74) is 1.84. The van der Waals surface area contributed by atoms with E-state index in [1.54, 1.807) is 31.3 Å². The van der Waals surface area contributed by atoms with Gasteiger partial charge in [0, 0.05) is 55.5 Å². The Labute approximate surface area is 193 Å². The Hall–Kier alpha value is -2.77. The molecule has 0 bridgehead atoms. The van der Waals surface area contributed by atoms with Crippen LogP contribution in [0.5, 0.6) is 11.5 Å². The molecule has 0 spiro atoms. The van der Waals surface area contributed by atoms with Gasteiger partial charge in [-0.2, -0.15) is 0 Å². The van der Waals surface area contributed by atoms with Crippen molar-refractivity contribution >= 4 is 29.1 Å². The maximum absolute atomic E-state index is 13.1. The third-order valence-corrected chi connectivity index (χ3v) is 6.46. The quantitative estimate of drug-likeness (QED) is 0.624. The average Bonchev–Trinajstić information content (AvgIpc) is 3.20. The Morgan fingerprint density at radius 1 is 1.00 bits per heavy atom. The molecule has 0 radical (unpaired) electrons. The fraction of sp³-hybridized carbons (Fsp3) is 0.417. The number of halogens is 1. The molecule has 2 fully saturated rings. The van der Waals surface area contributed by atoms with Crippen LogP contribution in [0.3, 0.4) is 0 Å². The normalized spacial score (nSPS) is 19.3. The number of hydrogen-bond acceptors (Lipinski definition) is 5. The predicted octanol–water partition coefficient (Wildman–Crippen LogP) is 3.05. The lowest BCUT2D eigenvalue weighted by molar-refractivity contribution is -0.141. The van der Waals surface area contributed by atoms with Gasteiger partial charge in [0.2, 0.25) is 11.8 Å². The zero-order valence-electron chi connectivity index (χ0n) is 18.4. The second-order valence-electron chi connectivity index (χ2n) is 8.09. The Kier molecular flexibility index (Phi) is 6.86. The van der Waals surface area contributed by atoms with Gasteiger partial charge in [-0.25, -0.2) is 0 Å². The lowest BCUT2D eigenvalue weighted by Gasteiger charge is -2.36. The Balaban J connectivity index is 1.34. The summed E-state index contributed by atoms with van der Waals surface area (Å²) in [6.45, 7) is 3.97. The minimum Gasteiger partial charge on any atom is -0.497 e. The molecule has 2 amide bonds. The van der Waals surface area contributed by atoms with Crippen molar-refractivity contribution in [2.45, 2.75) is 13.0 Å². The Bertz CT molecular complexity index is 974. The maximum atomic E-state index is 13.1. The van der Waals surface area contributed by atoms with Crippen LogP contribution in [0.1, 0.15) is 12.0 Å². The van der Waals surface area contributed by atoms with Crippen molar-refractivity contribution in [3.8, 4) is 11.5 Å². The summed E-state index contributed by atoms with van der Waals surface area (Å²) < 4.78 is 10.8. The topological polar surface area (TPSA) is 62.3 Å². The van der Waals surface area contributed by atoms with E-state index in [4.69, 9.17) is 21.1 Å². The fourth-order valence-corrected chi connectivity index (χ4v) is 4.51. The van der Waals surface area contributed by atoms with Crippen LogP contribution in [-0.2, 0) is 16.1 Å². The van der Waals surface area contributed by atoms with Crippen LogP contribution in [0.2, 0.25) is 5.02 Å². The summed E-state index contributed by atoms with van der Waals surface area (Å²) in [5, 5.41) is 0.623. The van der Waals surface area contributed by atoms with Crippen LogP contribution >= 0.6 is 11.6 Å². The largest absolute Gasteiger partial charge is 0.497 e. The number of hydrogen-bond donors (Lipinski definition) is 0. The van der Waals surface area contributed by atoms with Gasteiger partial charge in [-0.15, -0.1) is 0 Å². The van der Waals surface area contributed by atoms with E-state index in [1.807, 2.05) is 35.2 Å². The lowest BCUT2D eigenvalue weighted by Crippen LogP contribution is -2.51. The van der Waals surface area contributed by atoms with Gasteiger partial charge in [0.05, 0.1) is 14.2 Å². The number of methoxy groups -OCH3 is 2. The van der Waals surface area contributed by atoms with E-state index in [2.05, 4.69) is 4.90 Å². The summed E-state index contributed by atoms with van der Waals surface area (Å²) in [6, 6.07) is 12.9. The molecule has 7 nitrogen and oxygen atoms in total. The zero-order valence-corrected chi connectivity index (χ0v) is 19.2. The molecule has 0 saturated carbocycles. The molecule has 2 saturated heterocycles. The van der Waals surface area contributed by atoms with Crippen molar-refractivity contribution in [3.05, 3.63) is 53.1 Å².